The Hall–Kier alpha value is -0.870. The predicted octanol–water partition coefficient (Wildman–Crippen LogP) is 1.28. The molecular formula is C14H24N2O2. The largest absolute Gasteiger partial charge is 0.379 e. The molecule has 0 aromatic heterocycles. The number of piperidine rings is 1. The van der Waals surface area contributed by atoms with Crippen molar-refractivity contribution in [3.8, 4) is 0 Å². The van der Waals surface area contributed by atoms with Gasteiger partial charge in [0.25, 0.3) is 0 Å². The summed E-state index contributed by atoms with van der Waals surface area (Å²) in [4.78, 5) is 16.3. The van der Waals surface area contributed by atoms with Gasteiger partial charge < -0.3 is 9.64 Å². The standard InChI is InChI=1S/C14H24N2O2/c1-2-14(17)16-7-4-3-5-13(16)6-8-15-9-11-18-12-10-15/h2,13H,1,3-12H2. The molecule has 1 atom stereocenters. The molecule has 2 rings (SSSR count). The summed E-state index contributed by atoms with van der Waals surface area (Å²) in [5.74, 6) is 0.0988. The normalized spacial score (nSPS) is 26.0. The Balaban J connectivity index is 1.81. The maximum atomic E-state index is 11.8. The predicted molar refractivity (Wildman–Crippen MR) is 71.4 cm³/mol. The fourth-order valence-corrected chi connectivity index (χ4v) is 2.86. The van der Waals surface area contributed by atoms with Gasteiger partial charge in [0.05, 0.1) is 13.2 Å². The number of rotatable bonds is 4. The van der Waals surface area contributed by atoms with Crippen LogP contribution in [0.2, 0.25) is 0 Å². The minimum absolute atomic E-state index is 0.0988. The van der Waals surface area contributed by atoms with Crippen LogP contribution in [0.15, 0.2) is 12.7 Å². The van der Waals surface area contributed by atoms with E-state index in [0.717, 1.165) is 58.7 Å². The highest BCUT2D eigenvalue weighted by Gasteiger charge is 2.25. The molecule has 4 nitrogen and oxygen atoms in total. The van der Waals surface area contributed by atoms with Crippen LogP contribution < -0.4 is 0 Å². The Morgan fingerprint density at radius 2 is 2.06 bits per heavy atom. The summed E-state index contributed by atoms with van der Waals surface area (Å²) in [6.45, 7) is 9.34. The van der Waals surface area contributed by atoms with Gasteiger partial charge in [0.1, 0.15) is 0 Å². The van der Waals surface area contributed by atoms with E-state index in [1.165, 1.54) is 12.5 Å². The van der Waals surface area contributed by atoms with Crippen molar-refractivity contribution in [3.63, 3.8) is 0 Å². The molecule has 102 valence electrons. The monoisotopic (exact) mass is 252 g/mol. The second kappa shape index (κ2) is 6.90. The van der Waals surface area contributed by atoms with E-state index in [2.05, 4.69) is 11.5 Å². The third kappa shape index (κ3) is 3.56. The Morgan fingerprint density at radius 3 is 2.78 bits per heavy atom. The number of ether oxygens (including phenoxy) is 1. The third-order valence-electron chi connectivity index (χ3n) is 3.97. The van der Waals surface area contributed by atoms with Crippen molar-refractivity contribution in [1.29, 1.82) is 0 Å². The first-order valence-electron chi connectivity index (χ1n) is 7.04. The van der Waals surface area contributed by atoms with Crippen molar-refractivity contribution < 1.29 is 9.53 Å². The SMILES string of the molecule is C=CC(=O)N1CCCCC1CCN1CCOCC1. The molecule has 4 heteroatoms. The number of carbonyl (C=O) groups excluding carboxylic acids is 1. The second-order valence-electron chi connectivity index (χ2n) is 5.13. The number of likely N-dealkylation sites (tertiary alicyclic amines) is 1. The zero-order valence-electron chi connectivity index (χ0n) is 11.1. The van der Waals surface area contributed by atoms with Crippen LogP contribution in [-0.2, 0) is 9.53 Å². The van der Waals surface area contributed by atoms with E-state index in [1.807, 2.05) is 4.90 Å². The van der Waals surface area contributed by atoms with Crippen molar-refractivity contribution in [2.45, 2.75) is 31.7 Å². The van der Waals surface area contributed by atoms with Gasteiger partial charge in [-0.15, -0.1) is 0 Å². The first kappa shape index (κ1) is 13.6. The van der Waals surface area contributed by atoms with Crippen LogP contribution in [0, 0.1) is 0 Å². The highest BCUT2D eigenvalue weighted by Crippen LogP contribution is 2.20. The number of carbonyl (C=O) groups is 1. The summed E-state index contributed by atoms with van der Waals surface area (Å²) in [7, 11) is 0. The fraction of sp³-hybridized carbons (Fsp3) is 0.786. The van der Waals surface area contributed by atoms with E-state index in [0.29, 0.717) is 6.04 Å². The average molecular weight is 252 g/mol. The minimum atomic E-state index is 0.0988. The fourth-order valence-electron chi connectivity index (χ4n) is 2.86. The van der Waals surface area contributed by atoms with Gasteiger partial charge in [-0.3, -0.25) is 9.69 Å². The van der Waals surface area contributed by atoms with Gasteiger partial charge in [-0.05, 0) is 31.8 Å². The molecule has 2 aliphatic rings. The summed E-state index contributed by atoms with van der Waals surface area (Å²) < 4.78 is 5.35. The molecule has 0 aromatic rings. The minimum Gasteiger partial charge on any atom is -0.379 e. The smallest absolute Gasteiger partial charge is 0.246 e. The molecule has 1 amide bonds. The summed E-state index contributed by atoms with van der Waals surface area (Å²) in [6.07, 6.45) is 6.05. The van der Waals surface area contributed by atoms with E-state index >= 15 is 0 Å². The topological polar surface area (TPSA) is 32.8 Å². The van der Waals surface area contributed by atoms with Crippen LogP contribution >= 0.6 is 0 Å². The highest BCUT2D eigenvalue weighted by atomic mass is 16.5. The number of morpholine rings is 1. The molecule has 0 radical (unpaired) electrons. The third-order valence-corrected chi connectivity index (χ3v) is 3.97. The maximum Gasteiger partial charge on any atom is 0.246 e. The lowest BCUT2D eigenvalue weighted by Crippen LogP contribution is -2.45. The van der Waals surface area contributed by atoms with Crippen LogP contribution in [0.5, 0.6) is 0 Å². The van der Waals surface area contributed by atoms with Crippen LogP contribution in [0.4, 0.5) is 0 Å². The van der Waals surface area contributed by atoms with Crippen LogP contribution in [0.25, 0.3) is 0 Å². The van der Waals surface area contributed by atoms with Crippen molar-refractivity contribution in [2.75, 3.05) is 39.4 Å². The Morgan fingerprint density at radius 1 is 1.28 bits per heavy atom. The Kier molecular flexibility index (Phi) is 5.20. The number of hydrogen-bond donors (Lipinski definition) is 0. The Labute approximate surface area is 110 Å². The molecule has 0 spiro atoms. The van der Waals surface area contributed by atoms with E-state index in [4.69, 9.17) is 4.74 Å². The summed E-state index contributed by atoms with van der Waals surface area (Å²) in [6, 6.07) is 0.409. The first-order chi connectivity index (χ1) is 8.81. The molecule has 0 aromatic carbocycles. The van der Waals surface area contributed by atoms with Crippen molar-refractivity contribution >= 4 is 5.91 Å². The lowest BCUT2D eigenvalue weighted by Gasteiger charge is -2.37. The second-order valence-corrected chi connectivity index (χ2v) is 5.13. The van der Waals surface area contributed by atoms with Crippen LogP contribution in [0.3, 0.4) is 0 Å². The average Bonchev–Trinajstić information content (AvgIpc) is 2.45. The molecule has 2 heterocycles. The maximum absolute atomic E-state index is 11.8. The summed E-state index contributed by atoms with van der Waals surface area (Å²) >= 11 is 0. The van der Waals surface area contributed by atoms with E-state index in [9.17, 15) is 4.79 Å². The van der Waals surface area contributed by atoms with Gasteiger partial charge in [-0.2, -0.15) is 0 Å². The van der Waals surface area contributed by atoms with E-state index in [-0.39, 0.29) is 5.91 Å². The molecule has 1 unspecified atom stereocenters. The van der Waals surface area contributed by atoms with Gasteiger partial charge in [0.2, 0.25) is 5.91 Å². The van der Waals surface area contributed by atoms with Crippen molar-refractivity contribution in [2.24, 2.45) is 0 Å². The molecule has 0 saturated carbocycles. The summed E-state index contributed by atoms with van der Waals surface area (Å²) in [5, 5.41) is 0. The van der Waals surface area contributed by atoms with Crippen LogP contribution in [-0.4, -0.2) is 61.1 Å². The number of nitrogens with zero attached hydrogens (tertiary/aromatic N) is 2. The van der Waals surface area contributed by atoms with Gasteiger partial charge >= 0.3 is 0 Å². The van der Waals surface area contributed by atoms with Crippen molar-refractivity contribution in [1.82, 2.24) is 9.80 Å². The first-order valence-corrected chi connectivity index (χ1v) is 7.04. The molecule has 0 N–H and O–H groups in total. The molecule has 2 fully saturated rings. The van der Waals surface area contributed by atoms with Crippen molar-refractivity contribution in [3.05, 3.63) is 12.7 Å². The quantitative estimate of drug-likeness (QED) is 0.707. The molecule has 2 aliphatic heterocycles. The lowest BCUT2D eigenvalue weighted by molar-refractivity contribution is -0.129. The zero-order valence-corrected chi connectivity index (χ0v) is 11.1. The Bertz CT molecular complexity index is 288. The zero-order chi connectivity index (χ0) is 12.8. The van der Waals surface area contributed by atoms with Gasteiger partial charge in [-0.1, -0.05) is 6.58 Å². The molecule has 0 aliphatic carbocycles. The van der Waals surface area contributed by atoms with E-state index in [1.54, 1.807) is 0 Å². The number of amides is 1. The highest BCUT2D eigenvalue weighted by molar-refractivity contribution is 5.87. The van der Waals surface area contributed by atoms with Gasteiger partial charge in [-0.25, -0.2) is 0 Å². The van der Waals surface area contributed by atoms with Gasteiger partial charge in [0, 0.05) is 32.2 Å². The molecule has 18 heavy (non-hydrogen) atoms. The number of hydrogen-bond acceptors (Lipinski definition) is 3. The van der Waals surface area contributed by atoms with Gasteiger partial charge in [0.15, 0.2) is 0 Å². The van der Waals surface area contributed by atoms with Crippen LogP contribution in [0.1, 0.15) is 25.7 Å². The molecule has 0 bridgehead atoms. The molecule has 2 saturated heterocycles. The summed E-state index contributed by atoms with van der Waals surface area (Å²) in [5.41, 5.74) is 0. The van der Waals surface area contributed by atoms with E-state index < -0.39 is 0 Å². The molecular weight excluding hydrogens is 228 g/mol. The lowest BCUT2D eigenvalue weighted by atomic mass is 9.99.